The van der Waals surface area contributed by atoms with Gasteiger partial charge in [-0.05, 0) is 31.0 Å². The van der Waals surface area contributed by atoms with E-state index in [0.29, 0.717) is 19.1 Å². The summed E-state index contributed by atoms with van der Waals surface area (Å²) in [6.45, 7) is 6.40. The van der Waals surface area contributed by atoms with Crippen molar-refractivity contribution in [1.82, 2.24) is 5.32 Å². The molecular weight excluding hydrogens is 254 g/mol. The van der Waals surface area contributed by atoms with Crippen LogP contribution in [0, 0.1) is 0 Å². The van der Waals surface area contributed by atoms with E-state index in [4.69, 9.17) is 9.47 Å². The smallest absolute Gasteiger partial charge is 0.307 e. The summed E-state index contributed by atoms with van der Waals surface area (Å²) >= 11 is 0. The normalized spacial score (nSPS) is 12.2. The molecule has 0 aliphatic heterocycles. The number of esters is 1. The molecule has 0 radical (unpaired) electrons. The predicted octanol–water partition coefficient (Wildman–Crippen LogP) is 2.56. The molecule has 0 spiro atoms. The van der Waals surface area contributed by atoms with Crippen LogP contribution in [0.5, 0.6) is 5.75 Å². The highest BCUT2D eigenvalue weighted by Crippen LogP contribution is 2.14. The Morgan fingerprint density at radius 3 is 2.40 bits per heavy atom. The first-order chi connectivity index (χ1) is 9.55. The monoisotopic (exact) mass is 279 g/mol. The van der Waals surface area contributed by atoms with Crippen molar-refractivity contribution in [3.05, 3.63) is 29.8 Å². The zero-order chi connectivity index (χ0) is 15.0. The molecule has 0 aliphatic carbocycles. The van der Waals surface area contributed by atoms with Gasteiger partial charge in [-0.25, -0.2) is 0 Å². The highest BCUT2D eigenvalue weighted by molar-refractivity contribution is 5.70. The van der Waals surface area contributed by atoms with E-state index in [9.17, 15) is 4.79 Å². The highest BCUT2D eigenvalue weighted by Gasteiger charge is 2.16. The Bertz CT molecular complexity index is 401. The molecule has 4 nitrogen and oxygen atoms in total. The summed E-state index contributed by atoms with van der Waals surface area (Å²) in [6.07, 6.45) is 1.18. The van der Waals surface area contributed by atoms with E-state index >= 15 is 0 Å². The summed E-state index contributed by atoms with van der Waals surface area (Å²) in [5.74, 6) is 0.687. The van der Waals surface area contributed by atoms with Crippen LogP contribution in [0.1, 0.15) is 32.8 Å². The van der Waals surface area contributed by atoms with Crippen LogP contribution in [-0.2, 0) is 16.0 Å². The molecule has 4 heteroatoms. The molecule has 0 aliphatic rings. The first-order valence-corrected chi connectivity index (χ1v) is 7.09. The molecule has 0 amide bonds. The average Bonchev–Trinajstić information content (AvgIpc) is 2.39. The SMILES string of the molecule is CCOC(=O)CC(Cc1ccc(OC)cc1)NC(C)C. The van der Waals surface area contributed by atoms with Gasteiger partial charge in [-0.2, -0.15) is 0 Å². The molecule has 1 aromatic rings. The van der Waals surface area contributed by atoms with Crippen LogP contribution in [0.3, 0.4) is 0 Å². The number of hydrogen-bond acceptors (Lipinski definition) is 4. The fourth-order valence-electron chi connectivity index (χ4n) is 2.13. The van der Waals surface area contributed by atoms with E-state index in [1.54, 1.807) is 7.11 Å². The van der Waals surface area contributed by atoms with E-state index < -0.39 is 0 Å². The van der Waals surface area contributed by atoms with Crippen LogP contribution < -0.4 is 10.1 Å². The lowest BCUT2D eigenvalue weighted by Gasteiger charge is -2.20. The van der Waals surface area contributed by atoms with Crippen LogP contribution in [0.4, 0.5) is 0 Å². The molecule has 0 saturated heterocycles. The minimum atomic E-state index is -0.154. The molecule has 0 bridgehead atoms. The predicted molar refractivity (Wildman–Crippen MR) is 80.0 cm³/mol. The Kier molecular flexibility index (Phi) is 7.09. The van der Waals surface area contributed by atoms with E-state index in [0.717, 1.165) is 12.2 Å². The van der Waals surface area contributed by atoms with Crippen LogP contribution in [0.15, 0.2) is 24.3 Å². The third kappa shape index (κ3) is 6.06. The van der Waals surface area contributed by atoms with E-state index in [2.05, 4.69) is 19.2 Å². The minimum absolute atomic E-state index is 0.0856. The van der Waals surface area contributed by atoms with E-state index in [1.165, 1.54) is 5.56 Å². The molecule has 0 aromatic heterocycles. The van der Waals surface area contributed by atoms with Gasteiger partial charge >= 0.3 is 5.97 Å². The Morgan fingerprint density at radius 2 is 1.90 bits per heavy atom. The lowest BCUT2D eigenvalue weighted by Crippen LogP contribution is -2.38. The lowest BCUT2D eigenvalue weighted by atomic mass is 10.0. The number of carbonyl (C=O) groups is 1. The number of methoxy groups -OCH3 is 1. The largest absolute Gasteiger partial charge is 0.497 e. The van der Waals surface area contributed by atoms with Gasteiger partial charge in [-0.3, -0.25) is 4.79 Å². The Morgan fingerprint density at radius 1 is 1.25 bits per heavy atom. The van der Waals surface area contributed by atoms with Gasteiger partial charge in [-0.1, -0.05) is 26.0 Å². The number of nitrogens with one attached hydrogen (secondary N) is 1. The van der Waals surface area contributed by atoms with Crippen LogP contribution in [-0.4, -0.2) is 31.8 Å². The second kappa shape index (κ2) is 8.59. The second-order valence-electron chi connectivity index (χ2n) is 5.08. The van der Waals surface area contributed by atoms with Gasteiger partial charge in [-0.15, -0.1) is 0 Å². The average molecular weight is 279 g/mol. The van der Waals surface area contributed by atoms with Gasteiger partial charge in [0.1, 0.15) is 5.75 Å². The van der Waals surface area contributed by atoms with Gasteiger partial charge in [0.2, 0.25) is 0 Å². The molecule has 1 aromatic carbocycles. The highest BCUT2D eigenvalue weighted by atomic mass is 16.5. The summed E-state index contributed by atoms with van der Waals surface area (Å²) in [4.78, 5) is 11.6. The van der Waals surface area contributed by atoms with Crippen molar-refractivity contribution in [3.63, 3.8) is 0 Å². The fraction of sp³-hybridized carbons (Fsp3) is 0.562. The van der Waals surface area contributed by atoms with Gasteiger partial charge in [0.25, 0.3) is 0 Å². The Labute approximate surface area is 121 Å². The molecule has 20 heavy (non-hydrogen) atoms. The number of ether oxygens (including phenoxy) is 2. The number of benzene rings is 1. The van der Waals surface area contributed by atoms with Crippen LogP contribution >= 0.6 is 0 Å². The Hall–Kier alpha value is -1.55. The van der Waals surface area contributed by atoms with Crippen molar-refractivity contribution in [2.45, 2.75) is 45.7 Å². The standard InChI is InChI=1S/C16H25NO3/c1-5-20-16(18)11-14(17-12(2)3)10-13-6-8-15(19-4)9-7-13/h6-9,12,14,17H,5,10-11H2,1-4H3. The molecular formula is C16H25NO3. The molecule has 112 valence electrons. The van der Waals surface area contributed by atoms with Crippen molar-refractivity contribution in [2.24, 2.45) is 0 Å². The fourth-order valence-corrected chi connectivity index (χ4v) is 2.13. The first-order valence-electron chi connectivity index (χ1n) is 7.09. The summed E-state index contributed by atoms with van der Waals surface area (Å²) < 4.78 is 10.2. The summed E-state index contributed by atoms with van der Waals surface area (Å²) in [6, 6.07) is 8.34. The summed E-state index contributed by atoms with van der Waals surface area (Å²) in [5, 5.41) is 3.41. The molecule has 1 unspecified atom stereocenters. The molecule has 1 rings (SSSR count). The van der Waals surface area contributed by atoms with Gasteiger partial charge < -0.3 is 14.8 Å². The zero-order valence-electron chi connectivity index (χ0n) is 12.8. The number of hydrogen-bond donors (Lipinski definition) is 1. The molecule has 1 atom stereocenters. The lowest BCUT2D eigenvalue weighted by molar-refractivity contribution is -0.143. The summed E-state index contributed by atoms with van der Waals surface area (Å²) in [7, 11) is 1.65. The number of rotatable bonds is 8. The van der Waals surface area contributed by atoms with Crippen molar-refractivity contribution >= 4 is 5.97 Å². The maximum atomic E-state index is 11.6. The summed E-state index contributed by atoms with van der Waals surface area (Å²) in [5.41, 5.74) is 1.17. The van der Waals surface area contributed by atoms with E-state index in [1.807, 2.05) is 31.2 Å². The van der Waals surface area contributed by atoms with E-state index in [-0.39, 0.29) is 12.0 Å². The third-order valence-corrected chi connectivity index (χ3v) is 2.93. The molecule has 0 fully saturated rings. The minimum Gasteiger partial charge on any atom is -0.497 e. The van der Waals surface area contributed by atoms with Crippen molar-refractivity contribution in [3.8, 4) is 5.75 Å². The first kappa shape index (κ1) is 16.5. The van der Waals surface area contributed by atoms with Crippen molar-refractivity contribution in [2.75, 3.05) is 13.7 Å². The zero-order valence-corrected chi connectivity index (χ0v) is 12.8. The van der Waals surface area contributed by atoms with Crippen LogP contribution in [0.25, 0.3) is 0 Å². The maximum absolute atomic E-state index is 11.6. The maximum Gasteiger partial charge on any atom is 0.307 e. The second-order valence-corrected chi connectivity index (χ2v) is 5.08. The molecule has 1 N–H and O–H groups in total. The quantitative estimate of drug-likeness (QED) is 0.743. The Balaban J connectivity index is 2.64. The van der Waals surface area contributed by atoms with Gasteiger partial charge in [0, 0.05) is 12.1 Å². The molecule has 0 heterocycles. The third-order valence-electron chi connectivity index (χ3n) is 2.93. The number of carbonyl (C=O) groups excluding carboxylic acids is 1. The van der Waals surface area contributed by atoms with Crippen molar-refractivity contribution in [1.29, 1.82) is 0 Å². The van der Waals surface area contributed by atoms with Gasteiger partial charge in [0.05, 0.1) is 20.1 Å². The topological polar surface area (TPSA) is 47.6 Å². The molecule has 0 saturated carbocycles. The van der Waals surface area contributed by atoms with Crippen LogP contribution in [0.2, 0.25) is 0 Å². The van der Waals surface area contributed by atoms with Crippen molar-refractivity contribution < 1.29 is 14.3 Å². The van der Waals surface area contributed by atoms with Gasteiger partial charge in [0.15, 0.2) is 0 Å².